The molecule has 2 nitrogen and oxygen atoms in total. The molecule has 0 aromatic heterocycles. The molecular weight excluding hydrogens is 222 g/mol. The van der Waals surface area contributed by atoms with Crippen molar-refractivity contribution in [2.24, 2.45) is 0 Å². The second kappa shape index (κ2) is 8.57. The predicted octanol–water partition coefficient (Wildman–Crippen LogP) is 2.73. The van der Waals surface area contributed by atoms with Gasteiger partial charge in [-0.2, -0.15) is 0 Å². The minimum atomic E-state index is 0.580. The van der Waals surface area contributed by atoms with Gasteiger partial charge in [-0.25, -0.2) is 0 Å². The second-order valence-corrected chi connectivity index (χ2v) is 4.14. The van der Waals surface area contributed by atoms with E-state index in [-0.39, 0.29) is 0 Å². The highest BCUT2D eigenvalue weighted by molar-refractivity contribution is 6.17. The zero-order valence-corrected chi connectivity index (χ0v) is 10.6. The minimum Gasteiger partial charge on any atom is -0.380 e. The average Bonchev–Trinajstić information content (AvgIpc) is 2.30. The molecule has 0 saturated carbocycles. The molecule has 1 rings (SSSR count). The van der Waals surface area contributed by atoms with Gasteiger partial charge in [0.15, 0.2) is 0 Å². The zero-order valence-electron chi connectivity index (χ0n) is 9.84. The molecule has 0 aliphatic carbocycles. The molecule has 0 atom stereocenters. The Morgan fingerprint density at radius 3 is 2.81 bits per heavy atom. The monoisotopic (exact) mass is 241 g/mol. The van der Waals surface area contributed by atoms with E-state index in [1.807, 2.05) is 0 Å². The summed E-state index contributed by atoms with van der Waals surface area (Å²) in [6, 6.07) is 8.44. The molecule has 0 heterocycles. The van der Waals surface area contributed by atoms with Crippen LogP contribution in [0.5, 0.6) is 0 Å². The molecule has 90 valence electrons. The van der Waals surface area contributed by atoms with Crippen molar-refractivity contribution in [2.75, 3.05) is 25.6 Å². The highest BCUT2D eigenvalue weighted by Gasteiger charge is 1.95. The largest absolute Gasteiger partial charge is 0.380 e. The summed E-state index contributed by atoms with van der Waals surface area (Å²) in [4.78, 5) is 0. The standard InChI is InChI=1S/C13H20ClNO/c1-12-5-2-3-6-13(12)11-15-8-4-9-16-10-7-14/h2-3,5-6,15H,4,7-11H2,1H3. The van der Waals surface area contributed by atoms with E-state index in [1.165, 1.54) is 11.1 Å². The van der Waals surface area contributed by atoms with Crippen molar-refractivity contribution in [3.05, 3.63) is 35.4 Å². The summed E-state index contributed by atoms with van der Waals surface area (Å²) in [5.41, 5.74) is 2.71. The van der Waals surface area contributed by atoms with Gasteiger partial charge in [-0.1, -0.05) is 24.3 Å². The summed E-state index contributed by atoms with van der Waals surface area (Å²) < 4.78 is 5.29. The fourth-order valence-corrected chi connectivity index (χ4v) is 1.60. The lowest BCUT2D eigenvalue weighted by atomic mass is 10.1. The maximum atomic E-state index is 5.50. The summed E-state index contributed by atoms with van der Waals surface area (Å²) in [6.07, 6.45) is 1.03. The van der Waals surface area contributed by atoms with Crippen molar-refractivity contribution < 1.29 is 4.74 Å². The number of rotatable bonds is 8. The molecule has 0 spiro atoms. The number of benzene rings is 1. The van der Waals surface area contributed by atoms with Gasteiger partial charge >= 0.3 is 0 Å². The van der Waals surface area contributed by atoms with Gasteiger partial charge in [-0.15, -0.1) is 11.6 Å². The lowest BCUT2D eigenvalue weighted by molar-refractivity contribution is 0.146. The third kappa shape index (κ3) is 5.50. The topological polar surface area (TPSA) is 21.3 Å². The quantitative estimate of drug-likeness (QED) is 0.558. The lowest BCUT2D eigenvalue weighted by Crippen LogP contribution is -2.17. The van der Waals surface area contributed by atoms with Crippen LogP contribution in [0.1, 0.15) is 17.5 Å². The van der Waals surface area contributed by atoms with Crippen LogP contribution in [0.15, 0.2) is 24.3 Å². The fraction of sp³-hybridized carbons (Fsp3) is 0.538. The van der Waals surface area contributed by atoms with Crippen molar-refractivity contribution in [3.8, 4) is 0 Å². The Labute approximate surface area is 103 Å². The SMILES string of the molecule is Cc1ccccc1CNCCCOCCCl. The molecule has 0 aliphatic rings. The summed E-state index contributed by atoms with van der Waals surface area (Å²) in [7, 11) is 0. The zero-order chi connectivity index (χ0) is 11.6. The third-order valence-corrected chi connectivity index (χ3v) is 2.59. The van der Waals surface area contributed by atoms with Crippen LogP contribution in [-0.2, 0) is 11.3 Å². The number of alkyl halides is 1. The third-order valence-electron chi connectivity index (χ3n) is 2.44. The Morgan fingerprint density at radius 2 is 2.06 bits per heavy atom. The van der Waals surface area contributed by atoms with Crippen LogP contribution in [0.25, 0.3) is 0 Å². The van der Waals surface area contributed by atoms with Crippen LogP contribution in [0.3, 0.4) is 0 Å². The van der Waals surface area contributed by atoms with Crippen LogP contribution < -0.4 is 5.32 Å². The molecular formula is C13H20ClNO. The van der Waals surface area contributed by atoms with Gasteiger partial charge in [0.25, 0.3) is 0 Å². The van der Waals surface area contributed by atoms with E-state index in [9.17, 15) is 0 Å². The van der Waals surface area contributed by atoms with Gasteiger partial charge in [-0.05, 0) is 31.0 Å². The van der Waals surface area contributed by atoms with E-state index >= 15 is 0 Å². The van der Waals surface area contributed by atoms with Gasteiger partial charge in [-0.3, -0.25) is 0 Å². The molecule has 1 aromatic carbocycles. The number of halogens is 1. The number of aryl methyl sites for hydroxylation is 1. The Hall–Kier alpha value is -0.570. The van der Waals surface area contributed by atoms with Crippen LogP contribution in [0.2, 0.25) is 0 Å². The molecule has 0 bridgehead atoms. The summed E-state index contributed by atoms with van der Waals surface area (Å²) in [6.45, 7) is 5.49. The van der Waals surface area contributed by atoms with Crippen LogP contribution >= 0.6 is 11.6 Å². The molecule has 3 heteroatoms. The number of ether oxygens (including phenoxy) is 1. The molecule has 16 heavy (non-hydrogen) atoms. The van der Waals surface area contributed by atoms with E-state index in [1.54, 1.807) is 0 Å². The normalized spacial score (nSPS) is 10.6. The summed E-state index contributed by atoms with van der Waals surface area (Å²) >= 11 is 5.50. The van der Waals surface area contributed by atoms with Gasteiger partial charge in [0.1, 0.15) is 0 Å². The van der Waals surface area contributed by atoms with Crippen molar-refractivity contribution in [1.29, 1.82) is 0 Å². The van der Waals surface area contributed by atoms with Crippen LogP contribution in [0, 0.1) is 6.92 Å². The molecule has 0 fully saturated rings. The first-order chi connectivity index (χ1) is 7.84. The molecule has 1 N–H and O–H groups in total. The van der Waals surface area contributed by atoms with E-state index < -0.39 is 0 Å². The maximum absolute atomic E-state index is 5.50. The lowest BCUT2D eigenvalue weighted by Gasteiger charge is -2.07. The van der Waals surface area contributed by atoms with Gasteiger partial charge in [0, 0.05) is 19.0 Å². The van der Waals surface area contributed by atoms with E-state index in [4.69, 9.17) is 16.3 Å². The minimum absolute atomic E-state index is 0.580. The summed E-state index contributed by atoms with van der Waals surface area (Å²) in [5, 5.41) is 3.41. The second-order valence-electron chi connectivity index (χ2n) is 3.76. The number of hydrogen-bond donors (Lipinski definition) is 1. The first-order valence-corrected chi connectivity index (χ1v) is 6.27. The Kier molecular flexibility index (Phi) is 7.23. The Bertz CT molecular complexity index is 291. The van der Waals surface area contributed by atoms with E-state index in [0.29, 0.717) is 12.5 Å². The highest BCUT2D eigenvalue weighted by atomic mass is 35.5. The van der Waals surface area contributed by atoms with Crippen molar-refractivity contribution in [3.63, 3.8) is 0 Å². The molecule has 0 radical (unpaired) electrons. The van der Waals surface area contributed by atoms with Crippen LogP contribution in [-0.4, -0.2) is 25.6 Å². The highest BCUT2D eigenvalue weighted by Crippen LogP contribution is 2.05. The fourth-order valence-electron chi connectivity index (χ4n) is 1.49. The van der Waals surface area contributed by atoms with Crippen molar-refractivity contribution in [1.82, 2.24) is 5.32 Å². The summed E-state index contributed by atoms with van der Waals surface area (Å²) in [5.74, 6) is 0.580. The van der Waals surface area contributed by atoms with Gasteiger partial charge in [0.05, 0.1) is 6.61 Å². The van der Waals surface area contributed by atoms with Crippen molar-refractivity contribution in [2.45, 2.75) is 19.9 Å². The molecule has 0 saturated heterocycles. The van der Waals surface area contributed by atoms with E-state index in [2.05, 4.69) is 36.5 Å². The molecule has 0 aliphatic heterocycles. The number of hydrogen-bond acceptors (Lipinski definition) is 2. The Balaban J connectivity index is 2.05. The smallest absolute Gasteiger partial charge is 0.0601 e. The molecule has 1 aromatic rings. The van der Waals surface area contributed by atoms with Crippen molar-refractivity contribution >= 4 is 11.6 Å². The van der Waals surface area contributed by atoms with Gasteiger partial charge < -0.3 is 10.1 Å². The van der Waals surface area contributed by atoms with E-state index in [0.717, 1.165) is 26.1 Å². The maximum Gasteiger partial charge on any atom is 0.0601 e. The average molecular weight is 242 g/mol. The van der Waals surface area contributed by atoms with Gasteiger partial charge in [0.2, 0.25) is 0 Å². The predicted molar refractivity (Wildman–Crippen MR) is 69.0 cm³/mol. The molecule has 0 unspecified atom stereocenters. The first kappa shape index (κ1) is 13.5. The van der Waals surface area contributed by atoms with Crippen LogP contribution in [0.4, 0.5) is 0 Å². The first-order valence-electron chi connectivity index (χ1n) is 5.73. The number of nitrogens with one attached hydrogen (secondary N) is 1. The Morgan fingerprint density at radius 1 is 1.25 bits per heavy atom. The molecule has 0 amide bonds.